The first-order valence-corrected chi connectivity index (χ1v) is 16.0. The molecule has 1 aliphatic rings. The van der Waals surface area contributed by atoms with Crippen molar-refractivity contribution in [2.75, 3.05) is 4.81 Å². The van der Waals surface area contributed by atoms with Crippen LogP contribution in [0.1, 0.15) is 0 Å². The number of fused-ring (bicyclic) bond motifs is 10. The molecule has 0 aliphatic carbocycles. The zero-order valence-corrected chi connectivity index (χ0v) is 24.9. The quantitative estimate of drug-likeness (QED) is 0.192. The van der Waals surface area contributed by atoms with Crippen LogP contribution >= 0.6 is 11.3 Å². The minimum Gasteiger partial charge on any atom is -0.456 e. The number of anilines is 2. The van der Waals surface area contributed by atoms with Crippen molar-refractivity contribution < 1.29 is 4.42 Å². The third-order valence-electron chi connectivity index (χ3n) is 9.13. The van der Waals surface area contributed by atoms with Gasteiger partial charge in [-0.05, 0) is 59.4 Å². The maximum Gasteiger partial charge on any atom is 0.331 e. The highest BCUT2D eigenvalue weighted by atomic mass is 32.1. The summed E-state index contributed by atoms with van der Waals surface area (Å²) in [5.41, 5.74) is 10.3. The van der Waals surface area contributed by atoms with E-state index in [-0.39, 0.29) is 6.85 Å². The Morgan fingerprint density at radius 1 is 0.622 bits per heavy atom. The Labute approximate surface area is 263 Å². The average Bonchev–Trinajstić information content (AvgIpc) is 3.78. The highest BCUT2D eigenvalue weighted by Gasteiger charge is 2.43. The molecule has 0 spiro atoms. The van der Waals surface area contributed by atoms with Crippen molar-refractivity contribution in [1.29, 1.82) is 0 Å². The minimum absolute atomic E-state index is 0.0738. The first-order valence-electron chi connectivity index (χ1n) is 15.2. The van der Waals surface area contributed by atoms with Crippen LogP contribution < -0.4 is 15.7 Å². The molecule has 0 atom stereocenters. The molecule has 4 nitrogen and oxygen atoms in total. The number of pyridine rings is 1. The second-order valence-corrected chi connectivity index (χ2v) is 12.6. The van der Waals surface area contributed by atoms with Gasteiger partial charge in [0.05, 0.1) is 21.8 Å². The number of rotatable bonds is 3. The lowest BCUT2D eigenvalue weighted by Gasteiger charge is -2.37. The number of hydrogen-bond donors (Lipinski definition) is 0. The Bertz CT molecular complexity index is 2570. The third-order valence-corrected chi connectivity index (χ3v) is 10.3. The first kappa shape index (κ1) is 24.8. The molecule has 5 heterocycles. The molecule has 45 heavy (non-hydrogen) atoms. The summed E-state index contributed by atoms with van der Waals surface area (Å²) in [6, 6.07) is 48.0. The van der Waals surface area contributed by atoms with E-state index in [2.05, 4.69) is 142 Å². The normalized spacial score (nSPS) is 12.8. The summed E-state index contributed by atoms with van der Waals surface area (Å²) < 4.78 is 9.99. The van der Waals surface area contributed by atoms with Gasteiger partial charge in [0.15, 0.2) is 0 Å². The maximum atomic E-state index is 6.24. The predicted octanol–water partition coefficient (Wildman–Crippen LogP) is 9.06. The number of thiophene rings is 1. The van der Waals surface area contributed by atoms with Crippen molar-refractivity contribution >= 4 is 83.4 Å². The molecular weight excluding hydrogens is 569 g/mol. The fraction of sp³-hybridized carbons (Fsp3) is 0. The number of para-hydroxylation sites is 2. The zero-order valence-electron chi connectivity index (χ0n) is 24.1. The van der Waals surface area contributed by atoms with Crippen molar-refractivity contribution in [2.45, 2.75) is 0 Å². The third kappa shape index (κ3) is 3.51. The highest BCUT2D eigenvalue weighted by Crippen LogP contribution is 2.51. The molecule has 0 N–H and O–H groups in total. The van der Waals surface area contributed by atoms with E-state index in [4.69, 9.17) is 4.42 Å². The highest BCUT2D eigenvalue weighted by molar-refractivity contribution is 7.23. The van der Waals surface area contributed by atoms with E-state index in [0.29, 0.717) is 0 Å². The van der Waals surface area contributed by atoms with Crippen molar-refractivity contribution in [3.63, 3.8) is 0 Å². The van der Waals surface area contributed by atoms with Gasteiger partial charge in [-0.25, -0.2) is 0 Å². The molecule has 5 aromatic carbocycles. The molecule has 9 aromatic rings. The Hall–Kier alpha value is -5.59. The molecule has 0 saturated carbocycles. The van der Waals surface area contributed by atoms with Crippen molar-refractivity contribution in [2.24, 2.45) is 0 Å². The SMILES string of the molecule is c1ccc(B2c3c(n(-c4ccccc4)c4ccccc34)-c3sc4ccccc4c3N2c2ccc3oc4ccncc4c3c2)cc1. The minimum atomic E-state index is -0.0738. The van der Waals surface area contributed by atoms with Crippen LogP contribution in [0.3, 0.4) is 0 Å². The van der Waals surface area contributed by atoms with Crippen LogP contribution in [0.25, 0.3) is 59.2 Å². The van der Waals surface area contributed by atoms with E-state index in [9.17, 15) is 0 Å². The van der Waals surface area contributed by atoms with Gasteiger partial charge in [0, 0.05) is 44.6 Å². The fourth-order valence-corrected chi connectivity index (χ4v) is 8.53. The summed E-state index contributed by atoms with van der Waals surface area (Å²) in [6.07, 6.45) is 3.70. The Balaban J connectivity index is 1.38. The number of aromatic nitrogens is 2. The summed E-state index contributed by atoms with van der Waals surface area (Å²) in [4.78, 5) is 8.28. The monoisotopic (exact) mass is 593 g/mol. The lowest BCUT2D eigenvalue weighted by atomic mass is 9.46. The largest absolute Gasteiger partial charge is 0.456 e. The topological polar surface area (TPSA) is 34.2 Å². The van der Waals surface area contributed by atoms with Crippen LogP contribution in [0.5, 0.6) is 0 Å². The summed E-state index contributed by atoms with van der Waals surface area (Å²) in [6.45, 7) is -0.0738. The Morgan fingerprint density at radius 2 is 1.36 bits per heavy atom. The molecule has 0 saturated heterocycles. The smallest absolute Gasteiger partial charge is 0.331 e. The number of nitrogens with zero attached hydrogens (tertiary/aromatic N) is 3. The molecular formula is C39H24BN3OS. The van der Waals surface area contributed by atoms with Crippen LogP contribution in [-0.2, 0) is 0 Å². The second-order valence-electron chi connectivity index (χ2n) is 11.6. The van der Waals surface area contributed by atoms with E-state index in [1.165, 1.54) is 48.2 Å². The molecule has 0 radical (unpaired) electrons. The Kier molecular flexibility index (Phi) is 5.21. The van der Waals surface area contributed by atoms with Crippen LogP contribution in [0.2, 0.25) is 0 Å². The molecule has 1 aliphatic heterocycles. The van der Waals surface area contributed by atoms with Crippen molar-refractivity contribution in [1.82, 2.24) is 9.55 Å². The van der Waals surface area contributed by atoms with Gasteiger partial charge in [0.25, 0.3) is 0 Å². The van der Waals surface area contributed by atoms with Crippen molar-refractivity contribution in [3.8, 4) is 16.3 Å². The number of hydrogen-bond acceptors (Lipinski definition) is 4. The molecule has 6 heteroatoms. The number of furan rings is 1. The van der Waals surface area contributed by atoms with Gasteiger partial charge in [-0.1, -0.05) is 90.4 Å². The predicted molar refractivity (Wildman–Crippen MR) is 189 cm³/mol. The fourth-order valence-electron chi connectivity index (χ4n) is 7.29. The molecule has 4 aromatic heterocycles. The Morgan fingerprint density at radius 3 is 2.22 bits per heavy atom. The van der Waals surface area contributed by atoms with Crippen LogP contribution in [0.15, 0.2) is 150 Å². The molecule has 0 fully saturated rings. The van der Waals surface area contributed by atoms with Gasteiger partial charge < -0.3 is 13.8 Å². The summed E-state index contributed by atoms with van der Waals surface area (Å²) in [5, 5.41) is 4.62. The average molecular weight is 594 g/mol. The van der Waals surface area contributed by atoms with Crippen LogP contribution in [0, 0.1) is 0 Å². The lowest BCUT2D eigenvalue weighted by Crippen LogP contribution is -2.57. The zero-order chi connectivity index (χ0) is 29.5. The maximum absolute atomic E-state index is 6.24. The summed E-state index contributed by atoms with van der Waals surface area (Å²) >= 11 is 1.88. The van der Waals surface area contributed by atoms with Gasteiger partial charge in [0.1, 0.15) is 11.2 Å². The second kappa shape index (κ2) is 9.46. The molecule has 10 rings (SSSR count). The van der Waals surface area contributed by atoms with Gasteiger partial charge in [0.2, 0.25) is 0 Å². The molecule has 0 amide bonds. The van der Waals surface area contributed by atoms with E-state index >= 15 is 0 Å². The van der Waals surface area contributed by atoms with Gasteiger partial charge in [-0.2, -0.15) is 0 Å². The van der Waals surface area contributed by atoms with Crippen molar-refractivity contribution in [3.05, 3.63) is 146 Å². The van der Waals surface area contributed by atoms with Gasteiger partial charge in [-0.15, -0.1) is 11.3 Å². The van der Waals surface area contributed by atoms with E-state index in [1.807, 2.05) is 23.6 Å². The van der Waals surface area contributed by atoms with E-state index in [0.717, 1.165) is 33.3 Å². The summed E-state index contributed by atoms with van der Waals surface area (Å²) in [7, 11) is 0. The van der Waals surface area contributed by atoms with Gasteiger partial charge >= 0.3 is 6.85 Å². The molecule has 0 unspecified atom stereocenters. The van der Waals surface area contributed by atoms with Crippen LogP contribution in [-0.4, -0.2) is 16.4 Å². The van der Waals surface area contributed by atoms with E-state index in [1.54, 1.807) is 6.20 Å². The number of benzene rings is 5. The first-order chi connectivity index (χ1) is 22.3. The molecule has 0 bridgehead atoms. The van der Waals surface area contributed by atoms with Crippen LogP contribution in [0.4, 0.5) is 11.4 Å². The molecule has 210 valence electrons. The summed E-state index contributed by atoms with van der Waals surface area (Å²) in [5.74, 6) is 0. The van der Waals surface area contributed by atoms with Gasteiger partial charge in [-0.3, -0.25) is 4.98 Å². The standard InChI is InChI=1S/C39H24BN3OS/c1-3-11-25(12-4-1)40-36-28-15-7-9-17-32(28)42(26-13-5-2-6-14-26)38(36)39-37(29-16-8-10-18-35(29)45-39)43(40)27-19-20-33-30(23-27)31-24-41-22-21-34(31)44-33/h1-24H. The van der Waals surface area contributed by atoms with E-state index < -0.39 is 0 Å². The lowest BCUT2D eigenvalue weighted by molar-refractivity contribution is 0.668.